The Labute approximate surface area is 269 Å². The lowest BCUT2D eigenvalue weighted by Crippen LogP contribution is -2.42. The first-order chi connectivity index (χ1) is 21.4. The summed E-state index contributed by atoms with van der Waals surface area (Å²) < 4.78 is 6.66. The number of nitrogens with one attached hydrogen (secondary N) is 2. The summed E-state index contributed by atoms with van der Waals surface area (Å²) in [5.74, 6) is -0.482. The molecule has 1 aromatic heterocycles. The van der Waals surface area contributed by atoms with Crippen molar-refractivity contribution >= 4 is 68.1 Å². The lowest BCUT2D eigenvalue weighted by molar-refractivity contribution is -0.123. The molecule has 2 N–H and O–H groups in total. The van der Waals surface area contributed by atoms with Crippen LogP contribution in [0.5, 0.6) is 5.75 Å². The van der Waals surface area contributed by atoms with Gasteiger partial charge in [0.25, 0.3) is 5.91 Å². The van der Waals surface area contributed by atoms with E-state index in [1.165, 1.54) is 16.2 Å². The van der Waals surface area contributed by atoms with Gasteiger partial charge in [-0.25, -0.2) is 0 Å². The molecule has 11 heteroatoms. The van der Waals surface area contributed by atoms with Gasteiger partial charge in [-0.05, 0) is 78.3 Å². The van der Waals surface area contributed by atoms with Gasteiger partial charge < -0.3 is 15.0 Å². The van der Waals surface area contributed by atoms with Crippen LogP contribution >= 0.6 is 39.0 Å². The van der Waals surface area contributed by atoms with E-state index in [9.17, 15) is 19.2 Å². The number of H-pyrrole nitrogens is 1. The van der Waals surface area contributed by atoms with Gasteiger partial charge in [0.05, 0.1) is 22.5 Å². The van der Waals surface area contributed by atoms with Gasteiger partial charge in [-0.3, -0.25) is 24.1 Å². The molecule has 8 rings (SSSR count). The molecule has 3 amide bonds. The van der Waals surface area contributed by atoms with Crippen molar-refractivity contribution in [2.45, 2.75) is 22.6 Å². The van der Waals surface area contributed by atoms with Crippen molar-refractivity contribution in [3.8, 4) is 5.75 Å². The summed E-state index contributed by atoms with van der Waals surface area (Å²) in [6.07, 6.45) is 0.830. The number of carbonyl (C=O) groups is 3. The number of thioether (sulfide) groups is 1. The van der Waals surface area contributed by atoms with Crippen molar-refractivity contribution in [2.24, 2.45) is 29.6 Å². The van der Waals surface area contributed by atoms with Crippen LogP contribution in [0.3, 0.4) is 0 Å². The molecule has 2 saturated carbocycles. The molecule has 6 unspecified atom stereocenters. The number of nitrogens with zero attached hydrogens (tertiary/aromatic N) is 1. The standard InChI is InChI=1S/C33H26BrN3O5S2/c34-17-8-10-19(11-9-17)37-31(39)26-21-14-22(27(26)32(37)40)28-25(21)24(29-30(43-28)36-33(41)44-29)16-6-12-20(13-7-16)42-15-23(38)35-18-4-2-1-3-5-18/h1-13,21-22,24-28H,14-15H2,(H,35,38)(H,36,41)/t21?,22?,24-,25?,26?,27?,28?/m1/s1. The van der Waals surface area contributed by atoms with Crippen molar-refractivity contribution in [1.82, 2.24) is 4.98 Å². The third kappa shape index (κ3) is 4.47. The van der Waals surface area contributed by atoms with E-state index < -0.39 is 0 Å². The number of imide groups is 1. The predicted octanol–water partition coefficient (Wildman–Crippen LogP) is 5.89. The Morgan fingerprint density at radius 1 is 0.932 bits per heavy atom. The van der Waals surface area contributed by atoms with Gasteiger partial charge >= 0.3 is 4.87 Å². The van der Waals surface area contributed by atoms with E-state index in [-0.39, 0.29) is 70.0 Å². The first-order valence-electron chi connectivity index (χ1n) is 14.5. The number of hydrogen-bond donors (Lipinski definition) is 2. The van der Waals surface area contributed by atoms with Crippen LogP contribution < -0.4 is 19.8 Å². The predicted molar refractivity (Wildman–Crippen MR) is 172 cm³/mol. The molecule has 3 aromatic carbocycles. The molecule has 2 bridgehead atoms. The maximum Gasteiger partial charge on any atom is 0.305 e. The summed E-state index contributed by atoms with van der Waals surface area (Å²) >= 11 is 6.34. The highest BCUT2D eigenvalue weighted by Crippen LogP contribution is 2.68. The average Bonchev–Trinajstić information content (AvgIpc) is 3.76. The fourth-order valence-electron chi connectivity index (χ4n) is 7.87. The van der Waals surface area contributed by atoms with Crippen LogP contribution in [-0.2, 0) is 14.4 Å². The van der Waals surface area contributed by atoms with Gasteiger partial charge in [0.1, 0.15) is 5.75 Å². The number of ether oxygens (including phenoxy) is 1. The maximum absolute atomic E-state index is 13.9. The van der Waals surface area contributed by atoms with Crippen molar-refractivity contribution in [1.29, 1.82) is 0 Å². The Hall–Kier alpha value is -3.67. The number of carbonyl (C=O) groups excluding carboxylic acids is 3. The van der Waals surface area contributed by atoms with Crippen LogP contribution in [0.2, 0.25) is 0 Å². The number of aromatic nitrogens is 1. The van der Waals surface area contributed by atoms with Gasteiger partial charge in [0, 0.05) is 26.2 Å². The quantitative estimate of drug-likeness (QED) is 0.245. The smallest absolute Gasteiger partial charge is 0.305 e. The molecular weight excluding hydrogens is 662 g/mol. The highest BCUT2D eigenvalue weighted by molar-refractivity contribution is 9.10. The van der Waals surface area contributed by atoms with E-state index in [0.717, 1.165) is 26.4 Å². The van der Waals surface area contributed by atoms with Gasteiger partial charge in [-0.2, -0.15) is 0 Å². The van der Waals surface area contributed by atoms with Crippen LogP contribution in [0, 0.1) is 29.6 Å². The Morgan fingerprint density at radius 3 is 2.36 bits per heavy atom. The Morgan fingerprint density at radius 2 is 1.64 bits per heavy atom. The largest absolute Gasteiger partial charge is 0.484 e. The van der Waals surface area contributed by atoms with Crippen LogP contribution in [0.15, 0.2) is 93.2 Å². The lowest BCUT2D eigenvalue weighted by atomic mass is 9.68. The molecule has 2 aliphatic heterocycles. The highest BCUT2D eigenvalue weighted by atomic mass is 79.9. The molecule has 7 atom stereocenters. The Bertz CT molecular complexity index is 1840. The second-order valence-corrected chi connectivity index (χ2v) is 14.8. The van der Waals surface area contributed by atoms with Crippen molar-refractivity contribution in [3.05, 3.63) is 103 Å². The molecule has 4 aromatic rings. The number of rotatable bonds is 6. The van der Waals surface area contributed by atoms with E-state index in [2.05, 4.69) is 26.2 Å². The minimum absolute atomic E-state index is 0.0346. The summed E-state index contributed by atoms with van der Waals surface area (Å²) in [6, 6.07) is 24.2. The van der Waals surface area contributed by atoms with Crippen LogP contribution in [-0.4, -0.2) is 34.6 Å². The van der Waals surface area contributed by atoms with Gasteiger partial charge in [-0.1, -0.05) is 57.6 Å². The maximum atomic E-state index is 13.9. The zero-order valence-electron chi connectivity index (χ0n) is 23.1. The van der Waals surface area contributed by atoms with E-state index in [1.807, 2.05) is 78.9 Å². The molecule has 0 radical (unpaired) electrons. The zero-order chi connectivity index (χ0) is 30.1. The first kappa shape index (κ1) is 27.8. The fraction of sp³-hybridized carbons (Fsp3) is 0.273. The molecule has 3 fully saturated rings. The average molecular weight is 689 g/mol. The lowest BCUT2D eigenvalue weighted by Gasteiger charge is -2.43. The molecular formula is C33H26BrN3O5S2. The third-order valence-corrected chi connectivity index (χ3v) is 12.6. The molecule has 0 spiro atoms. The van der Waals surface area contributed by atoms with Crippen molar-refractivity contribution < 1.29 is 19.1 Å². The molecule has 3 heterocycles. The number of fused-ring (bicyclic) bond motifs is 9. The normalized spacial score (nSPS) is 28.0. The second kappa shape index (κ2) is 10.7. The summed E-state index contributed by atoms with van der Waals surface area (Å²) in [7, 11) is 0. The molecule has 2 aliphatic carbocycles. The third-order valence-electron chi connectivity index (χ3n) is 9.48. The minimum Gasteiger partial charge on any atom is -0.484 e. The van der Waals surface area contributed by atoms with E-state index in [4.69, 9.17) is 4.74 Å². The van der Waals surface area contributed by atoms with Gasteiger partial charge in [0.15, 0.2) is 6.61 Å². The van der Waals surface area contributed by atoms with Crippen molar-refractivity contribution in [3.63, 3.8) is 0 Å². The van der Waals surface area contributed by atoms with Crippen LogP contribution in [0.25, 0.3) is 0 Å². The number of benzene rings is 3. The summed E-state index contributed by atoms with van der Waals surface area (Å²) in [6.45, 7) is -0.125. The molecule has 4 aliphatic rings. The van der Waals surface area contributed by atoms with Gasteiger partial charge in [-0.15, -0.1) is 11.8 Å². The molecule has 1 saturated heterocycles. The number of hydrogen-bond acceptors (Lipinski definition) is 7. The van der Waals surface area contributed by atoms with E-state index >= 15 is 0 Å². The zero-order valence-corrected chi connectivity index (χ0v) is 26.4. The molecule has 222 valence electrons. The topological polar surface area (TPSA) is 109 Å². The first-order valence-corrected chi connectivity index (χ1v) is 17.0. The molecule has 44 heavy (non-hydrogen) atoms. The monoisotopic (exact) mass is 687 g/mol. The fourth-order valence-corrected chi connectivity index (χ4v) is 11.0. The second-order valence-electron chi connectivity index (χ2n) is 11.7. The Balaban J connectivity index is 1.06. The number of amides is 3. The summed E-state index contributed by atoms with van der Waals surface area (Å²) in [5, 5.41) is 3.80. The Kier molecular flexibility index (Phi) is 6.80. The van der Waals surface area contributed by atoms with Gasteiger partial charge in [0.2, 0.25) is 11.8 Å². The highest BCUT2D eigenvalue weighted by Gasteiger charge is 2.69. The van der Waals surface area contributed by atoms with Crippen LogP contribution in [0.1, 0.15) is 22.8 Å². The summed E-state index contributed by atoms with van der Waals surface area (Å²) in [4.78, 5) is 58.0. The number of para-hydroxylation sites is 1. The number of aromatic amines is 1. The molecule has 8 nitrogen and oxygen atoms in total. The number of halogens is 1. The van der Waals surface area contributed by atoms with Crippen LogP contribution in [0.4, 0.5) is 11.4 Å². The number of anilines is 2. The van der Waals surface area contributed by atoms with E-state index in [1.54, 1.807) is 11.8 Å². The van der Waals surface area contributed by atoms with E-state index in [0.29, 0.717) is 17.1 Å². The minimum atomic E-state index is -0.358. The summed E-state index contributed by atoms with van der Waals surface area (Å²) in [5.41, 5.74) is 2.35. The SMILES string of the molecule is O=C(COc1ccc([C@H]2c3sc(=O)[nH]c3SC3C4CC(C5C(=O)N(c6ccc(Br)cc6)C(=O)C45)C32)cc1)Nc1ccccc1. The van der Waals surface area contributed by atoms with Crippen molar-refractivity contribution in [2.75, 3.05) is 16.8 Å². The number of thiazole rings is 1.